The first-order chi connectivity index (χ1) is 9.90. The lowest BCUT2D eigenvalue weighted by Crippen LogP contribution is -2.32. The molecule has 21 heavy (non-hydrogen) atoms. The van der Waals surface area contributed by atoms with Crippen molar-refractivity contribution in [1.82, 2.24) is 4.90 Å². The van der Waals surface area contributed by atoms with Gasteiger partial charge in [-0.3, -0.25) is 0 Å². The molecule has 1 aromatic rings. The predicted molar refractivity (Wildman–Crippen MR) is 110 cm³/mol. The molecule has 1 aromatic carbocycles. The lowest BCUT2D eigenvalue weighted by atomic mass is 9.98. The summed E-state index contributed by atoms with van der Waals surface area (Å²) in [7, 11) is 2.13. The van der Waals surface area contributed by atoms with E-state index in [4.69, 9.17) is 10.5 Å². The van der Waals surface area contributed by atoms with Crippen molar-refractivity contribution in [2.75, 3.05) is 32.5 Å². The van der Waals surface area contributed by atoms with Gasteiger partial charge in [-0.25, -0.2) is 4.79 Å². The fraction of sp³-hybridized carbons (Fsp3) is 0.500. The van der Waals surface area contributed by atoms with Crippen molar-refractivity contribution >= 4 is 79.4 Å². The van der Waals surface area contributed by atoms with Gasteiger partial charge in [0.1, 0.15) is 0 Å². The Hall–Kier alpha value is 0.640. The van der Waals surface area contributed by atoms with Gasteiger partial charge < -0.3 is 15.4 Å². The van der Waals surface area contributed by atoms with Crippen molar-refractivity contribution in [2.45, 2.75) is 12.8 Å². The van der Waals surface area contributed by atoms with E-state index in [2.05, 4.69) is 79.7 Å². The predicted octanol–water partition coefficient (Wildman–Crippen LogP) is 3.58. The van der Waals surface area contributed by atoms with Crippen molar-refractivity contribution in [2.24, 2.45) is 5.92 Å². The van der Waals surface area contributed by atoms with Crippen LogP contribution in [0.5, 0.6) is 0 Å². The zero-order chi connectivity index (χ0) is 15.6. The minimum absolute atomic E-state index is 0.258. The molecule has 0 bridgehead atoms. The van der Waals surface area contributed by atoms with Crippen LogP contribution in [0, 0.1) is 16.6 Å². The Morgan fingerprint density at radius 2 is 1.95 bits per heavy atom. The summed E-state index contributed by atoms with van der Waals surface area (Å²) in [5, 5.41) is 0. The molecule has 0 unspecified atom stereocenters. The maximum absolute atomic E-state index is 12.4. The van der Waals surface area contributed by atoms with Crippen LogP contribution in [-0.2, 0) is 4.74 Å². The SMILES string of the molecule is CN1CCC(COC(=O)c2c(I)cc(I)c(N)c2I)CC1. The maximum Gasteiger partial charge on any atom is 0.340 e. The number of nitrogens with zero attached hydrogens (tertiary/aromatic N) is 1. The molecule has 0 saturated carbocycles. The highest BCUT2D eigenvalue weighted by molar-refractivity contribution is 14.1. The van der Waals surface area contributed by atoms with E-state index in [1.54, 1.807) is 0 Å². The third kappa shape index (κ3) is 4.56. The van der Waals surface area contributed by atoms with Crippen molar-refractivity contribution < 1.29 is 9.53 Å². The number of anilines is 1. The van der Waals surface area contributed by atoms with Gasteiger partial charge in [-0.2, -0.15) is 0 Å². The fourth-order valence-corrected chi connectivity index (χ4v) is 6.10. The largest absolute Gasteiger partial charge is 0.462 e. The van der Waals surface area contributed by atoms with Gasteiger partial charge in [-0.05, 0) is 113 Å². The second-order valence-corrected chi connectivity index (χ2v) is 8.69. The van der Waals surface area contributed by atoms with E-state index < -0.39 is 0 Å². The van der Waals surface area contributed by atoms with Gasteiger partial charge in [0.15, 0.2) is 0 Å². The van der Waals surface area contributed by atoms with E-state index in [0.29, 0.717) is 23.8 Å². The molecular weight excluding hydrogens is 609 g/mol. The Kier molecular flexibility index (Phi) is 6.81. The molecule has 0 radical (unpaired) electrons. The molecule has 1 aliphatic rings. The molecule has 0 amide bonds. The fourth-order valence-electron chi connectivity index (χ4n) is 2.29. The van der Waals surface area contributed by atoms with Crippen LogP contribution < -0.4 is 5.73 Å². The van der Waals surface area contributed by atoms with E-state index in [9.17, 15) is 4.79 Å². The highest BCUT2D eigenvalue weighted by Gasteiger charge is 2.22. The number of hydrogen-bond donors (Lipinski definition) is 1. The minimum Gasteiger partial charge on any atom is -0.462 e. The molecule has 0 spiro atoms. The van der Waals surface area contributed by atoms with Crippen LogP contribution >= 0.6 is 67.8 Å². The summed E-state index contributed by atoms with van der Waals surface area (Å²) in [5.41, 5.74) is 7.27. The smallest absolute Gasteiger partial charge is 0.340 e. The van der Waals surface area contributed by atoms with Crippen LogP contribution in [-0.4, -0.2) is 37.6 Å². The van der Waals surface area contributed by atoms with Crippen LogP contribution in [0.2, 0.25) is 0 Å². The van der Waals surface area contributed by atoms with Gasteiger partial charge in [0.2, 0.25) is 0 Å². The summed E-state index contributed by atoms with van der Waals surface area (Å²) in [4.78, 5) is 14.7. The molecule has 1 aliphatic heterocycles. The van der Waals surface area contributed by atoms with Crippen molar-refractivity contribution in [3.8, 4) is 0 Å². The van der Waals surface area contributed by atoms with Gasteiger partial charge in [0.25, 0.3) is 0 Å². The number of halogens is 3. The number of carbonyl (C=O) groups excluding carboxylic acids is 1. The molecule has 0 aromatic heterocycles. The Bertz CT molecular complexity index is 544. The molecule has 7 heteroatoms. The zero-order valence-electron chi connectivity index (χ0n) is 11.7. The Balaban J connectivity index is 2.02. The summed E-state index contributed by atoms with van der Waals surface area (Å²) in [6, 6.07) is 1.92. The van der Waals surface area contributed by atoms with Crippen molar-refractivity contribution in [3.63, 3.8) is 0 Å². The Labute approximate surface area is 166 Å². The second kappa shape index (κ2) is 7.95. The maximum atomic E-state index is 12.4. The molecule has 4 nitrogen and oxygen atoms in total. The molecule has 0 atom stereocenters. The lowest BCUT2D eigenvalue weighted by molar-refractivity contribution is 0.0381. The molecule has 2 rings (SSSR count). The average Bonchev–Trinajstić information content (AvgIpc) is 2.44. The number of rotatable bonds is 3. The highest BCUT2D eigenvalue weighted by Crippen LogP contribution is 2.30. The van der Waals surface area contributed by atoms with E-state index in [1.165, 1.54) is 0 Å². The summed E-state index contributed by atoms with van der Waals surface area (Å²) >= 11 is 6.48. The van der Waals surface area contributed by atoms with E-state index in [1.807, 2.05) is 6.07 Å². The van der Waals surface area contributed by atoms with E-state index in [-0.39, 0.29) is 5.97 Å². The standard InChI is InChI=1S/C14H17I3N2O2/c1-19-4-2-8(3-5-19)7-21-14(20)11-9(15)6-10(16)13(18)12(11)17/h6,8H,2-5,7,18H2,1H3. The molecular formula is C14H17I3N2O2. The third-order valence-corrected chi connectivity index (χ3v) is 6.56. The third-order valence-electron chi connectivity index (χ3n) is 3.70. The monoisotopic (exact) mass is 626 g/mol. The first-order valence-electron chi connectivity index (χ1n) is 6.68. The minimum atomic E-state index is -0.258. The van der Waals surface area contributed by atoms with E-state index >= 15 is 0 Å². The van der Waals surface area contributed by atoms with E-state index in [0.717, 1.165) is 36.6 Å². The number of likely N-dealkylation sites (tertiary alicyclic amines) is 1. The number of nitrogen functional groups attached to an aromatic ring is 1. The first kappa shape index (κ1) is 18.0. The molecule has 1 fully saturated rings. The first-order valence-corrected chi connectivity index (χ1v) is 9.92. The number of carbonyl (C=O) groups is 1. The van der Waals surface area contributed by atoms with Crippen LogP contribution in [0.4, 0.5) is 5.69 Å². The quantitative estimate of drug-likeness (QED) is 0.317. The van der Waals surface area contributed by atoms with Gasteiger partial charge in [-0.15, -0.1) is 0 Å². The number of esters is 1. The lowest BCUT2D eigenvalue weighted by Gasteiger charge is -2.28. The normalized spacial score (nSPS) is 17.0. The van der Waals surface area contributed by atoms with Crippen LogP contribution in [0.1, 0.15) is 23.2 Å². The number of piperidine rings is 1. The Morgan fingerprint density at radius 1 is 1.33 bits per heavy atom. The molecule has 1 heterocycles. The summed E-state index contributed by atoms with van der Waals surface area (Å²) in [6.45, 7) is 2.66. The highest BCUT2D eigenvalue weighted by atomic mass is 127. The van der Waals surface area contributed by atoms with Crippen molar-refractivity contribution in [1.29, 1.82) is 0 Å². The van der Waals surface area contributed by atoms with Crippen LogP contribution in [0.15, 0.2) is 6.07 Å². The molecule has 1 saturated heterocycles. The van der Waals surface area contributed by atoms with Crippen LogP contribution in [0.3, 0.4) is 0 Å². The summed E-state index contributed by atoms with van der Waals surface area (Å²) in [5.74, 6) is 0.215. The van der Waals surface area contributed by atoms with Gasteiger partial charge in [0, 0.05) is 7.14 Å². The molecule has 2 N–H and O–H groups in total. The molecule has 116 valence electrons. The van der Waals surface area contributed by atoms with Gasteiger partial charge in [-0.1, -0.05) is 0 Å². The average molecular weight is 626 g/mol. The summed E-state index contributed by atoms with van der Waals surface area (Å²) in [6.07, 6.45) is 2.18. The summed E-state index contributed by atoms with van der Waals surface area (Å²) < 4.78 is 8.18. The Morgan fingerprint density at radius 3 is 2.57 bits per heavy atom. The van der Waals surface area contributed by atoms with Gasteiger partial charge >= 0.3 is 5.97 Å². The number of nitrogens with two attached hydrogens (primary N) is 1. The zero-order valence-corrected chi connectivity index (χ0v) is 18.1. The van der Waals surface area contributed by atoms with Crippen molar-refractivity contribution in [3.05, 3.63) is 22.3 Å². The molecule has 0 aliphatic carbocycles. The number of benzene rings is 1. The van der Waals surface area contributed by atoms with Gasteiger partial charge in [0.05, 0.1) is 21.4 Å². The number of hydrogen-bond acceptors (Lipinski definition) is 4. The number of ether oxygens (including phenoxy) is 1. The second-order valence-electron chi connectivity index (χ2n) is 5.29. The topological polar surface area (TPSA) is 55.6 Å². The van der Waals surface area contributed by atoms with Crippen LogP contribution in [0.25, 0.3) is 0 Å².